The molecule has 0 atom stereocenters. The first kappa shape index (κ1) is 15.6. The summed E-state index contributed by atoms with van der Waals surface area (Å²) in [6.45, 7) is 2.63. The summed E-state index contributed by atoms with van der Waals surface area (Å²) >= 11 is 1.02. The van der Waals surface area contributed by atoms with Crippen molar-refractivity contribution in [3.8, 4) is 0 Å². The summed E-state index contributed by atoms with van der Waals surface area (Å²) in [7, 11) is 0. The third-order valence-corrected chi connectivity index (χ3v) is 4.12. The van der Waals surface area contributed by atoms with Crippen molar-refractivity contribution in [2.24, 2.45) is 0 Å². The molecule has 1 aliphatic rings. The Labute approximate surface area is 129 Å². The summed E-state index contributed by atoms with van der Waals surface area (Å²) in [6.07, 6.45) is 8.45. The van der Waals surface area contributed by atoms with Crippen LogP contribution < -0.4 is 0 Å². The monoisotopic (exact) mass is 301 g/mol. The van der Waals surface area contributed by atoms with Gasteiger partial charge in [-0.3, -0.25) is 14.5 Å². The highest BCUT2D eigenvalue weighted by molar-refractivity contribution is 8.18. The Kier molecular flexibility index (Phi) is 5.81. The molecule has 4 heteroatoms. The fourth-order valence-corrected chi connectivity index (χ4v) is 2.85. The number of imide groups is 1. The lowest BCUT2D eigenvalue weighted by atomic mass is 10.2. The van der Waals surface area contributed by atoms with Crippen LogP contribution in [0.15, 0.2) is 47.4 Å². The van der Waals surface area contributed by atoms with E-state index in [2.05, 4.69) is 6.92 Å². The molecular weight excluding hydrogens is 282 g/mol. The Morgan fingerprint density at radius 2 is 1.90 bits per heavy atom. The number of hydrogen-bond acceptors (Lipinski definition) is 3. The van der Waals surface area contributed by atoms with Crippen LogP contribution in [0.3, 0.4) is 0 Å². The van der Waals surface area contributed by atoms with E-state index in [0.29, 0.717) is 11.4 Å². The summed E-state index contributed by atoms with van der Waals surface area (Å²) in [5, 5.41) is -0.157. The zero-order valence-electron chi connectivity index (χ0n) is 12.1. The van der Waals surface area contributed by atoms with E-state index >= 15 is 0 Å². The van der Waals surface area contributed by atoms with Gasteiger partial charge in [0.25, 0.3) is 11.1 Å². The second-order valence-corrected chi connectivity index (χ2v) is 5.83. The molecule has 1 aromatic carbocycles. The summed E-state index contributed by atoms with van der Waals surface area (Å²) < 4.78 is 0. The van der Waals surface area contributed by atoms with Gasteiger partial charge in [-0.2, -0.15) is 0 Å². The van der Waals surface area contributed by atoms with Crippen LogP contribution in [0.5, 0.6) is 0 Å². The van der Waals surface area contributed by atoms with Crippen molar-refractivity contribution in [1.29, 1.82) is 0 Å². The lowest BCUT2D eigenvalue weighted by Gasteiger charge is -2.11. The summed E-state index contributed by atoms with van der Waals surface area (Å²) in [5.74, 6) is -0.168. The number of hydrogen-bond donors (Lipinski definition) is 0. The fourth-order valence-electron chi connectivity index (χ4n) is 2.04. The molecule has 1 heterocycles. The average Bonchev–Trinajstić information content (AvgIpc) is 2.76. The summed E-state index contributed by atoms with van der Waals surface area (Å²) in [4.78, 5) is 25.8. The van der Waals surface area contributed by atoms with Crippen molar-refractivity contribution in [1.82, 2.24) is 4.90 Å². The first-order valence-electron chi connectivity index (χ1n) is 7.19. The van der Waals surface area contributed by atoms with Crippen LogP contribution in [0, 0.1) is 0 Å². The lowest BCUT2D eigenvalue weighted by Crippen LogP contribution is -2.29. The van der Waals surface area contributed by atoms with E-state index in [1.54, 1.807) is 6.08 Å². The van der Waals surface area contributed by atoms with Crippen molar-refractivity contribution in [3.05, 3.63) is 53.0 Å². The van der Waals surface area contributed by atoms with E-state index < -0.39 is 0 Å². The van der Waals surface area contributed by atoms with Gasteiger partial charge in [-0.05, 0) is 29.8 Å². The van der Waals surface area contributed by atoms with Gasteiger partial charge >= 0.3 is 0 Å². The van der Waals surface area contributed by atoms with Crippen molar-refractivity contribution in [3.63, 3.8) is 0 Å². The standard InChI is InChI=1S/C17H19NO2S/c1-2-3-7-13-18-16(19)15(21-17(18)20)12-8-11-14-9-5-4-6-10-14/h4-6,8-12H,2-3,7,13H2,1H3/b11-8+,15-12-. The van der Waals surface area contributed by atoms with Gasteiger partial charge in [0.15, 0.2) is 0 Å². The first-order valence-corrected chi connectivity index (χ1v) is 8.01. The van der Waals surface area contributed by atoms with Crippen molar-refractivity contribution in [2.75, 3.05) is 6.54 Å². The third-order valence-electron chi connectivity index (χ3n) is 3.19. The second kappa shape index (κ2) is 7.84. The molecule has 1 aromatic rings. The van der Waals surface area contributed by atoms with Gasteiger partial charge < -0.3 is 0 Å². The van der Waals surface area contributed by atoms with Gasteiger partial charge in [-0.15, -0.1) is 0 Å². The predicted octanol–water partition coefficient (Wildman–Crippen LogP) is 4.47. The highest BCUT2D eigenvalue weighted by atomic mass is 32.2. The molecule has 2 amide bonds. The molecule has 0 spiro atoms. The van der Waals surface area contributed by atoms with Gasteiger partial charge in [-0.1, -0.05) is 62.2 Å². The summed E-state index contributed by atoms with van der Waals surface area (Å²) in [5.41, 5.74) is 1.07. The van der Waals surface area contributed by atoms with Crippen LogP contribution in [0.4, 0.5) is 4.79 Å². The second-order valence-electron chi connectivity index (χ2n) is 4.83. The van der Waals surface area contributed by atoms with E-state index in [9.17, 15) is 9.59 Å². The molecule has 0 bridgehead atoms. The number of unbranched alkanes of at least 4 members (excludes halogenated alkanes) is 2. The van der Waals surface area contributed by atoms with Crippen molar-refractivity contribution < 1.29 is 9.59 Å². The van der Waals surface area contributed by atoms with Gasteiger partial charge in [0.2, 0.25) is 0 Å². The van der Waals surface area contributed by atoms with E-state index in [4.69, 9.17) is 0 Å². The van der Waals surface area contributed by atoms with E-state index in [-0.39, 0.29) is 11.1 Å². The van der Waals surface area contributed by atoms with Crippen LogP contribution in [-0.2, 0) is 4.79 Å². The maximum absolute atomic E-state index is 12.1. The van der Waals surface area contributed by atoms with Gasteiger partial charge in [0, 0.05) is 6.54 Å². The van der Waals surface area contributed by atoms with Gasteiger partial charge in [-0.25, -0.2) is 0 Å². The number of carbonyl (C=O) groups is 2. The number of carbonyl (C=O) groups excluding carboxylic acids is 2. The van der Waals surface area contributed by atoms with Crippen LogP contribution in [0.25, 0.3) is 6.08 Å². The Balaban J connectivity index is 1.98. The topological polar surface area (TPSA) is 37.4 Å². The number of amides is 2. The van der Waals surface area contributed by atoms with Crippen LogP contribution in [0.1, 0.15) is 31.7 Å². The molecular formula is C17H19NO2S. The minimum Gasteiger partial charge on any atom is -0.268 e. The number of nitrogens with zero attached hydrogens (tertiary/aromatic N) is 1. The van der Waals surface area contributed by atoms with E-state index in [0.717, 1.165) is 36.6 Å². The number of benzene rings is 1. The third kappa shape index (κ3) is 4.33. The van der Waals surface area contributed by atoms with E-state index in [1.165, 1.54) is 4.90 Å². The molecule has 0 saturated carbocycles. The molecule has 2 rings (SSSR count). The number of thioether (sulfide) groups is 1. The zero-order chi connectivity index (χ0) is 15.1. The van der Waals surface area contributed by atoms with Crippen LogP contribution in [-0.4, -0.2) is 22.6 Å². The Hall–Kier alpha value is -1.81. The molecule has 0 aliphatic carbocycles. The molecule has 1 saturated heterocycles. The quantitative estimate of drug-likeness (QED) is 0.574. The lowest BCUT2D eigenvalue weighted by molar-refractivity contribution is -0.122. The normalized spacial score (nSPS) is 17.4. The smallest absolute Gasteiger partial charge is 0.268 e. The Morgan fingerprint density at radius 3 is 2.62 bits per heavy atom. The Bertz CT molecular complexity index is 563. The van der Waals surface area contributed by atoms with Crippen molar-refractivity contribution >= 4 is 29.0 Å². The highest BCUT2D eigenvalue weighted by Gasteiger charge is 2.33. The molecule has 21 heavy (non-hydrogen) atoms. The van der Waals surface area contributed by atoms with Crippen LogP contribution >= 0.6 is 11.8 Å². The van der Waals surface area contributed by atoms with Gasteiger partial charge in [0.1, 0.15) is 0 Å². The molecule has 3 nitrogen and oxygen atoms in total. The van der Waals surface area contributed by atoms with Crippen molar-refractivity contribution in [2.45, 2.75) is 26.2 Å². The zero-order valence-corrected chi connectivity index (χ0v) is 12.9. The number of rotatable bonds is 6. The minimum atomic E-state index is -0.168. The van der Waals surface area contributed by atoms with E-state index in [1.807, 2.05) is 42.5 Å². The maximum Gasteiger partial charge on any atom is 0.293 e. The highest BCUT2D eigenvalue weighted by Crippen LogP contribution is 2.30. The van der Waals surface area contributed by atoms with Crippen LogP contribution in [0.2, 0.25) is 0 Å². The van der Waals surface area contributed by atoms with Gasteiger partial charge in [0.05, 0.1) is 4.91 Å². The molecule has 0 radical (unpaired) electrons. The fraction of sp³-hybridized carbons (Fsp3) is 0.294. The maximum atomic E-state index is 12.1. The molecule has 110 valence electrons. The molecule has 0 aromatic heterocycles. The number of allylic oxidation sites excluding steroid dienone is 2. The first-order chi connectivity index (χ1) is 10.2. The largest absolute Gasteiger partial charge is 0.293 e. The average molecular weight is 301 g/mol. The molecule has 0 N–H and O–H groups in total. The molecule has 0 unspecified atom stereocenters. The SMILES string of the molecule is CCCCCN1C(=O)S/C(=C\C=C\c2ccccc2)C1=O. The Morgan fingerprint density at radius 1 is 1.14 bits per heavy atom. The minimum absolute atomic E-state index is 0.157. The predicted molar refractivity (Wildman–Crippen MR) is 87.8 cm³/mol. The molecule has 1 fully saturated rings. The molecule has 1 aliphatic heterocycles. The summed E-state index contributed by atoms with van der Waals surface area (Å²) in [6, 6.07) is 9.85.